The SMILES string of the molecule is CC(C)[C@@H]1CC[C@@H](C)C[C@H]1O[C@H]1OC(=O)C(Br)=C1NCCCC(=O)OCc1cn(Cc2ccccc2)nn1. The molecule has 1 fully saturated rings. The maximum Gasteiger partial charge on any atom is 0.349 e. The molecule has 38 heavy (non-hydrogen) atoms. The molecule has 1 aromatic heterocycles. The Morgan fingerprint density at radius 3 is 2.82 bits per heavy atom. The van der Waals surface area contributed by atoms with Gasteiger partial charge in [-0.15, -0.1) is 5.10 Å². The zero-order valence-electron chi connectivity index (χ0n) is 22.3. The maximum atomic E-state index is 12.3. The van der Waals surface area contributed by atoms with E-state index in [4.69, 9.17) is 14.2 Å². The molecule has 206 valence electrons. The molecule has 1 aromatic carbocycles. The third-order valence-corrected chi connectivity index (χ3v) is 7.90. The summed E-state index contributed by atoms with van der Waals surface area (Å²) in [5, 5.41) is 11.4. The molecule has 1 saturated carbocycles. The van der Waals surface area contributed by atoms with Gasteiger partial charge in [0, 0.05) is 13.0 Å². The highest BCUT2D eigenvalue weighted by Crippen LogP contribution is 2.38. The van der Waals surface area contributed by atoms with Crippen molar-refractivity contribution < 1.29 is 23.8 Å². The van der Waals surface area contributed by atoms with Crippen molar-refractivity contribution in [2.75, 3.05) is 6.54 Å². The Bertz CT molecular complexity index is 1120. The number of nitrogens with one attached hydrogen (secondary N) is 1. The number of carbonyl (C=O) groups excluding carboxylic acids is 2. The van der Waals surface area contributed by atoms with Crippen LogP contribution in [0.1, 0.15) is 64.1 Å². The van der Waals surface area contributed by atoms with Crippen molar-refractivity contribution in [1.82, 2.24) is 20.3 Å². The second kappa shape index (κ2) is 13.4. The van der Waals surface area contributed by atoms with Gasteiger partial charge in [0.25, 0.3) is 0 Å². The Hall–Kier alpha value is -2.72. The fourth-order valence-corrected chi connectivity index (χ4v) is 5.46. The van der Waals surface area contributed by atoms with E-state index in [1.165, 1.54) is 6.42 Å². The molecular weight excluding hydrogens is 552 g/mol. The van der Waals surface area contributed by atoms with Crippen LogP contribution < -0.4 is 5.32 Å². The summed E-state index contributed by atoms with van der Waals surface area (Å²) in [6.45, 7) is 7.83. The number of ether oxygens (including phenoxy) is 3. The summed E-state index contributed by atoms with van der Waals surface area (Å²) >= 11 is 3.34. The van der Waals surface area contributed by atoms with E-state index < -0.39 is 12.3 Å². The van der Waals surface area contributed by atoms with Crippen molar-refractivity contribution in [2.24, 2.45) is 17.8 Å². The van der Waals surface area contributed by atoms with Gasteiger partial charge >= 0.3 is 11.9 Å². The molecule has 0 radical (unpaired) electrons. The average Bonchev–Trinajstić information content (AvgIpc) is 3.44. The Kier molecular flexibility index (Phi) is 9.96. The number of benzene rings is 1. The van der Waals surface area contributed by atoms with Crippen LogP contribution in [0.15, 0.2) is 46.7 Å². The lowest BCUT2D eigenvalue weighted by Crippen LogP contribution is -2.39. The standard InChI is InChI=1S/C28H37BrN4O5/c1-18(2)22-12-11-19(3)14-23(22)37-28-26(25(29)27(35)38-28)30-13-7-10-24(34)36-17-21-16-33(32-31-21)15-20-8-5-4-6-9-20/h4-6,8-9,16,18-19,22-23,28,30H,7,10-15,17H2,1-3H3/t19-,22+,23-,28+/m1/s1. The summed E-state index contributed by atoms with van der Waals surface area (Å²) in [5.41, 5.74) is 2.30. The molecule has 2 aliphatic rings. The first-order valence-electron chi connectivity index (χ1n) is 13.4. The minimum absolute atomic E-state index is 0.0346. The Balaban J connectivity index is 1.20. The summed E-state index contributed by atoms with van der Waals surface area (Å²) in [4.78, 5) is 24.5. The minimum atomic E-state index is -0.765. The van der Waals surface area contributed by atoms with Gasteiger partial charge in [0.2, 0.25) is 6.29 Å². The van der Waals surface area contributed by atoms with Crippen LogP contribution >= 0.6 is 15.9 Å². The van der Waals surface area contributed by atoms with Crippen LogP contribution in [-0.4, -0.2) is 45.9 Å². The number of rotatable bonds is 12. The number of halogens is 1. The normalized spacial score (nSPS) is 23.6. The predicted octanol–water partition coefficient (Wildman–Crippen LogP) is 4.71. The zero-order chi connectivity index (χ0) is 27.1. The molecule has 0 saturated heterocycles. The van der Waals surface area contributed by atoms with E-state index in [0.717, 1.165) is 18.4 Å². The van der Waals surface area contributed by atoms with E-state index in [-0.39, 0.29) is 25.1 Å². The van der Waals surface area contributed by atoms with Gasteiger partial charge in [-0.1, -0.05) is 62.7 Å². The first-order chi connectivity index (χ1) is 18.3. The third kappa shape index (κ3) is 7.66. The topological polar surface area (TPSA) is 105 Å². The lowest BCUT2D eigenvalue weighted by atomic mass is 9.75. The van der Waals surface area contributed by atoms with E-state index in [9.17, 15) is 9.59 Å². The van der Waals surface area contributed by atoms with Crippen LogP contribution in [0.5, 0.6) is 0 Å². The van der Waals surface area contributed by atoms with Gasteiger partial charge in [0.15, 0.2) is 0 Å². The molecule has 1 N–H and O–H groups in total. The van der Waals surface area contributed by atoms with Crippen LogP contribution in [0.3, 0.4) is 0 Å². The summed E-state index contributed by atoms with van der Waals surface area (Å²) in [7, 11) is 0. The van der Waals surface area contributed by atoms with Crippen LogP contribution in [0.25, 0.3) is 0 Å². The number of carbonyl (C=O) groups is 2. The fourth-order valence-electron chi connectivity index (χ4n) is 5.04. The predicted molar refractivity (Wildman–Crippen MR) is 145 cm³/mol. The highest BCUT2D eigenvalue weighted by Gasteiger charge is 2.39. The van der Waals surface area contributed by atoms with Crippen LogP contribution in [0, 0.1) is 17.8 Å². The van der Waals surface area contributed by atoms with E-state index >= 15 is 0 Å². The van der Waals surface area contributed by atoms with Gasteiger partial charge in [-0.25, -0.2) is 9.48 Å². The highest BCUT2D eigenvalue weighted by molar-refractivity contribution is 9.12. The number of hydrogen-bond acceptors (Lipinski definition) is 8. The van der Waals surface area contributed by atoms with Crippen LogP contribution in [-0.2, 0) is 37.0 Å². The highest BCUT2D eigenvalue weighted by atomic mass is 79.9. The molecule has 0 unspecified atom stereocenters. The van der Waals surface area contributed by atoms with Crippen molar-refractivity contribution in [3.05, 3.63) is 58.0 Å². The van der Waals surface area contributed by atoms with Crippen LogP contribution in [0.2, 0.25) is 0 Å². The van der Waals surface area contributed by atoms with Crippen molar-refractivity contribution >= 4 is 27.9 Å². The van der Waals surface area contributed by atoms with Gasteiger partial charge in [-0.2, -0.15) is 0 Å². The van der Waals surface area contributed by atoms with Gasteiger partial charge in [0.05, 0.1) is 18.8 Å². The monoisotopic (exact) mass is 588 g/mol. The van der Waals surface area contributed by atoms with Crippen molar-refractivity contribution in [3.63, 3.8) is 0 Å². The number of esters is 2. The Labute approximate surface area is 232 Å². The molecule has 4 atom stereocenters. The van der Waals surface area contributed by atoms with Gasteiger partial charge in [-0.05, 0) is 58.5 Å². The molecule has 0 spiro atoms. The number of nitrogens with zero attached hydrogens (tertiary/aromatic N) is 3. The average molecular weight is 590 g/mol. The molecule has 2 aromatic rings. The number of aromatic nitrogens is 3. The smallest absolute Gasteiger partial charge is 0.349 e. The molecule has 2 heterocycles. The van der Waals surface area contributed by atoms with Crippen molar-refractivity contribution in [1.29, 1.82) is 0 Å². The quantitative estimate of drug-likeness (QED) is 0.281. The molecular formula is C28H37BrN4O5. The van der Waals surface area contributed by atoms with Crippen molar-refractivity contribution in [3.8, 4) is 0 Å². The summed E-state index contributed by atoms with van der Waals surface area (Å²) in [6, 6.07) is 9.95. The summed E-state index contributed by atoms with van der Waals surface area (Å²) in [6.07, 6.45) is 5.06. The van der Waals surface area contributed by atoms with E-state index in [2.05, 4.69) is 52.3 Å². The zero-order valence-corrected chi connectivity index (χ0v) is 23.9. The second-order valence-corrected chi connectivity index (χ2v) is 11.3. The largest absolute Gasteiger partial charge is 0.459 e. The van der Waals surface area contributed by atoms with E-state index in [1.807, 2.05) is 30.3 Å². The lowest BCUT2D eigenvalue weighted by molar-refractivity contribution is -0.182. The van der Waals surface area contributed by atoms with Gasteiger partial charge in [-0.3, -0.25) is 4.79 Å². The van der Waals surface area contributed by atoms with Gasteiger partial charge < -0.3 is 19.5 Å². The third-order valence-electron chi connectivity index (χ3n) is 7.15. The van der Waals surface area contributed by atoms with Gasteiger partial charge in [0.1, 0.15) is 22.5 Å². The Morgan fingerprint density at radius 1 is 1.26 bits per heavy atom. The first kappa shape index (κ1) is 28.3. The second-order valence-electron chi connectivity index (χ2n) is 10.5. The van der Waals surface area contributed by atoms with Crippen molar-refractivity contribution in [2.45, 2.75) is 78.4 Å². The van der Waals surface area contributed by atoms with E-state index in [0.29, 0.717) is 53.1 Å². The fraction of sp³-hybridized carbons (Fsp3) is 0.571. The minimum Gasteiger partial charge on any atom is -0.459 e. The molecule has 1 aliphatic heterocycles. The van der Waals surface area contributed by atoms with E-state index in [1.54, 1.807) is 10.9 Å². The Morgan fingerprint density at radius 2 is 2.05 bits per heavy atom. The molecule has 0 bridgehead atoms. The number of hydrogen-bond donors (Lipinski definition) is 1. The molecule has 1 aliphatic carbocycles. The maximum absolute atomic E-state index is 12.3. The molecule has 10 heteroatoms. The molecule has 9 nitrogen and oxygen atoms in total. The summed E-state index contributed by atoms with van der Waals surface area (Å²) in [5.74, 6) is 0.741. The van der Waals surface area contributed by atoms with Crippen LogP contribution in [0.4, 0.5) is 0 Å². The number of cyclic esters (lactones) is 1. The molecule has 4 rings (SSSR count). The molecule has 0 amide bonds. The first-order valence-corrected chi connectivity index (χ1v) is 14.2. The summed E-state index contributed by atoms with van der Waals surface area (Å²) < 4.78 is 19.3. The lowest BCUT2D eigenvalue weighted by Gasteiger charge is -2.38.